The molecule has 0 spiro atoms. The molecule has 2 atom stereocenters. The van der Waals surface area contributed by atoms with Gasteiger partial charge < -0.3 is 5.32 Å². The van der Waals surface area contributed by atoms with Crippen molar-refractivity contribution in [1.82, 2.24) is 10.3 Å². The summed E-state index contributed by atoms with van der Waals surface area (Å²) >= 11 is 0. The molecule has 1 N–H and O–H groups in total. The molecule has 0 bridgehead atoms. The monoisotopic (exact) mass is 464 g/mol. The van der Waals surface area contributed by atoms with Crippen LogP contribution in [-0.2, 0) is 6.42 Å². The number of nitrogens with zero attached hydrogens (tertiary/aromatic N) is 1. The van der Waals surface area contributed by atoms with Gasteiger partial charge in [0.15, 0.2) is 0 Å². The summed E-state index contributed by atoms with van der Waals surface area (Å²) in [6, 6.07) is 26.8. The fourth-order valence-corrected chi connectivity index (χ4v) is 4.50. The van der Waals surface area contributed by atoms with Crippen LogP contribution in [0.15, 0.2) is 78.9 Å². The molecule has 3 aromatic carbocycles. The van der Waals surface area contributed by atoms with E-state index in [1.54, 1.807) is 0 Å². The number of rotatable bonds is 8. The van der Waals surface area contributed by atoms with Crippen LogP contribution in [0.25, 0.3) is 22.2 Å². The Labute approximate surface area is 209 Å². The highest BCUT2D eigenvalue weighted by atomic mass is 16.1. The van der Waals surface area contributed by atoms with E-state index in [9.17, 15) is 4.79 Å². The van der Waals surface area contributed by atoms with E-state index < -0.39 is 0 Å². The van der Waals surface area contributed by atoms with Gasteiger partial charge in [-0.05, 0) is 60.4 Å². The number of para-hydroxylation sites is 1. The van der Waals surface area contributed by atoms with Gasteiger partial charge >= 0.3 is 0 Å². The van der Waals surface area contributed by atoms with E-state index in [2.05, 4.69) is 81.5 Å². The largest absolute Gasteiger partial charge is 0.345 e. The maximum atomic E-state index is 13.5. The van der Waals surface area contributed by atoms with E-state index in [1.165, 1.54) is 11.1 Å². The Morgan fingerprint density at radius 1 is 0.857 bits per heavy atom. The Kier molecular flexibility index (Phi) is 7.65. The number of nitrogens with one attached hydrogen (secondary N) is 1. The van der Waals surface area contributed by atoms with E-state index in [1.807, 2.05) is 37.3 Å². The third-order valence-electron chi connectivity index (χ3n) is 6.82. The molecule has 3 nitrogen and oxygen atoms in total. The smallest absolute Gasteiger partial charge is 0.252 e. The molecule has 4 aromatic rings. The standard InChI is InChI=1S/C32H36N2O/c1-6-22(4)25-15-17-26(18-16-25)23(5)33-32(35)29-20-31(34-30-10-8-7-9-28(29)30)27-13-11-24(12-14-27)19-21(2)3/h7-18,20-23H,6,19H2,1-5H3,(H,33,35). The quantitative estimate of drug-likeness (QED) is 0.286. The van der Waals surface area contributed by atoms with Crippen LogP contribution in [0.5, 0.6) is 0 Å². The lowest BCUT2D eigenvalue weighted by molar-refractivity contribution is 0.0941. The van der Waals surface area contributed by atoms with E-state index in [-0.39, 0.29) is 11.9 Å². The van der Waals surface area contributed by atoms with Gasteiger partial charge in [-0.25, -0.2) is 4.98 Å². The maximum Gasteiger partial charge on any atom is 0.252 e. The number of pyridine rings is 1. The topological polar surface area (TPSA) is 42.0 Å². The highest BCUT2D eigenvalue weighted by Gasteiger charge is 2.17. The molecule has 0 radical (unpaired) electrons. The highest BCUT2D eigenvalue weighted by Crippen LogP contribution is 2.27. The second-order valence-electron chi connectivity index (χ2n) is 10.0. The van der Waals surface area contributed by atoms with Gasteiger partial charge in [0.1, 0.15) is 0 Å². The molecule has 0 saturated carbocycles. The van der Waals surface area contributed by atoms with Gasteiger partial charge in [0.25, 0.3) is 5.91 Å². The Morgan fingerprint density at radius 3 is 2.17 bits per heavy atom. The van der Waals surface area contributed by atoms with Crippen molar-refractivity contribution in [2.45, 2.75) is 59.4 Å². The Bertz CT molecular complexity index is 1290. The predicted molar refractivity (Wildman–Crippen MR) is 147 cm³/mol. The van der Waals surface area contributed by atoms with Crippen LogP contribution in [0.1, 0.15) is 80.0 Å². The lowest BCUT2D eigenvalue weighted by atomic mass is 9.96. The van der Waals surface area contributed by atoms with Crippen LogP contribution in [0.3, 0.4) is 0 Å². The lowest BCUT2D eigenvalue weighted by Gasteiger charge is -2.17. The van der Waals surface area contributed by atoms with Crippen molar-refractivity contribution in [3.63, 3.8) is 0 Å². The maximum absolute atomic E-state index is 13.5. The average molecular weight is 465 g/mol. The Balaban J connectivity index is 1.62. The molecule has 0 aliphatic carbocycles. The van der Waals surface area contributed by atoms with E-state index in [0.717, 1.165) is 40.6 Å². The summed E-state index contributed by atoms with van der Waals surface area (Å²) < 4.78 is 0. The van der Waals surface area contributed by atoms with E-state index in [4.69, 9.17) is 4.98 Å². The molecule has 0 fully saturated rings. The molecule has 3 heteroatoms. The number of amides is 1. The molecule has 2 unspecified atom stereocenters. The molecular formula is C32H36N2O. The summed E-state index contributed by atoms with van der Waals surface area (Å²) in [5.41, 5.74) is 7.06. The highest BCUT2D eigenvalue weighted by molar-refractivity contribution is 6.07. The number of carbonyl (C=O) groups excluding carboxylic acids is 1. The number of benzene rings is 3. The summed E-state index contributed by atoms with van der Waals surface area (Å²) in [4.78, 5) is 18.4. The van der Waals surface area contributed by atoms with Gasteiger partial charge in [0.2, 0.25) is 0 Å². The number of hydrogen-bond acceptors (Lipinski definition) is 2. The van der Waals surface area contributed by atoms with Crippen LogP contribution in [-0.4, -0.2) is 10.9 Å². The first-order valence-corrected chi connectivity index (χ1v) is 12.8. The molecule has 0 aliphatic rings. The lowest BCUT2D eigenvalue weighted by Crippen LogP contribution is -2.27. The SMILES string of the molecule is CCC(C)c1ccc(C(C)NC(=O)c2cc(-c3ccc(CC(C)C)cc3)nc3ccccc23)cc1. The van der Waals surface area contributed by atoms with Crippen LogP contribution < -0.4 is 5.32 Å². The first kappa shape index (κ1) is 24.7. The molecular weight excluding hydrogens is 428 g/mol. The third-order valence-corrected chi connectivity index (χ3v) is 6.82. The van der Waals surface area contributed by atoms with Crippen LogP contribution in [0.4, 0.5) is 0 Å². The molecule has 1 heterocycles. The summed E-state index contributed by atoms with van der Waals surface area (Å²) in [5.74, 6) is 1.07. The van der Waals surface area contributed by atoms with Crippen molar-refractivity contribution < 1.29 is 4.79 Å². The molecule has 4 rings (SSSR count). The molecule has 1 amide bonds. The fourth-order valence-electron chi connectivity index (χ4n) is 4.50. The van der Waals surface area contributed by atoms with Gasteiger partial charge in [-0.3, -0.25) is 4.79 Å². The fraction of sp³-hybridized carbons (Fsp3) is 0.312. The summed E-state index contributed by atoms with van der Waals surface area (Å²) in [6.07, 6.45) is 2.17. The number of fused-ring (bicyclic) bond motifs is 1. The first-order valence-electron chi connectivity index (χ1n) is 12.8. The first-order chi connectivity index (χ1) is 16.9. The average Bonchev–Trinajstić information content (AvgIpc) is 2.87. The van der Waals surface area contributed by atoms with Crippen LogP contribution in [0.2, 0.25) is 0 Å². The van der Waals surface area contributed by atoms with Gasteiger partial charge in [0, 0.05) is 10.9 Å². The van der Waals surface area contributed by atoms with Crippen molar-refractivity contribution >= 4 is 16.8 Å². The minimum Gasteiger partial charge on any atom is -0.345 e. The molecule has 1 aromatic heterocycles. The summed E-state index contributed by atoms with van der Waals surface area (Å²) in [6.45, 7) is 10.9. The molecule has 0 saturated heterocycles. The van der Waals surface area contributed by atoms with Crippen molar-refractivity contribution in [3.05, 3.63) is 101 Å². The minimum atomic E-state index is -0.0980. The molecule has 35 heavy (non-hydrogen) atoms. The third kappa shape index (κ3) is 5.79. The summed E-state index contributed by atoms with van der Waals surface area (Å²) in [5, 5.41) is 4.08. The predicted octanol–water partition coefficient (Wildman–Crippen LogP) is 8.10. The molecule has 180 valence electrons. The van der Waals surface area contributed by atoms with E-state index >= 15 is 0 Å². The number of hydrogen-bond donors (Lipinski definition) is 1. The normalized spacial score (nSPS) is 13.1. The zero-order chi connectivity index (χ0) is 24.9. The van der Waals surface area contributed by atoms with Gasteiger partial charge in [-0.15, -0.1) is 0 Å². The van der Waals surface area contributed by atoms with Crippen molar-refractivity contribution in [2.75, 3.05) is 0 Å². The molecule has 0 aliphatic heterocycles. The van der Waals surface area contributed by atoms with Crippen molar-refractivity contribution in [2.24, 2.45) is 5.92 Å². The van der Waals surface area contributed by atoms with Gasteiger partial charge in [-0.1, -0.05) is 94.4 Å². The second kappa shape index (κ2) is 10.9. The zero-order valence-corrected chi connectivity index (χ0v) is 21.5. The van der Waals surface area contributed by atoms with Crippen molar-refractivity contribution in [1.29, 1.82) is 0 Å². The van der Waals surface area contributed by atoms with Gasteiger partial charge in [0.05, 0.1) is 22.8 Å². The Morgan fingerprint density at radius 2 is 1.51 bits per heavy atom. The number of aromatic nitrogens is 1. The Hall–Kier alpha value is -3.46. The summed E-state index contributed by atoms with van der Waals surface area (Å²) in [7, 11) is 0. The van der Waals surface area contributed by atoms with E-state index in [0.29, 0.717) is 17.4 Å². The van der Waals surface area contributed by atoms with Crippen LogP contribution in [0, 0.1) is 5.92 Å². The second-order valence-corrected chi connectivity index (χ2v) is 10.0. The van der Waals surface area contributed by atoms with Crippen molar-refractivity contribution in [3.8, 4) is 11.3 Å². The van der Waals surface area contributed by atoms with Gasteiger partial charge in [-0.2, -0.15) is 0 Å². The minimum absolute atomic E-state index is 0.0835. The van der Waals surface area contributed by atoms with Crippen LogP contribution >= 0.6 is 0 Å². The number of carbonyl (C=O) groups is 1. The zero-order valence-electron chi connectivity index (χ0n) is 21.5.